The minimum Gasteiger partial charge on any atom is -0.481 e. The molecule has 2 aromatic carbocycles. The van der Waals surface area contributed by atoms with Crippen molar-refractivity contribution in [3.8, 4) is 28.3 Å². The second-order valence-corrected chi connectivity index (χ2v) is 7.14. The Balaban J connectivity index is 1.95. The SMILES string of the molecule is COc1cccc(-c2cc(F)ccc2-c2cc(NNC(N)N)c3c(C)nc(N)nc3c2)n1. The van der Waals surface area contributed by atoms with Crippen LogP contribution in [0.15, 0.2) is 48.5 Å². The number of anilines is 2. The van der Waals surface area contributed by atoms with Gasteiger partial charge in [0.2, 0.25) is 11.8 Å². The molecule has 0 unspecified atom stereocenters. The Labute approximate surface area is 183 Å². The lowest BCUT2D eigenvalue weighted by Gasteiger charge is -2.17. The van der Waals surface area contributed by atoms with Gasteiger partial charge in [0.05, 0.1) is 29.7 Å². The number of halogens is 1. The molecule has 0 bridgehead atoms. The van der Waals surface area contributed by atoms with Gasteiger partial charge in [-0.25, -0.2) is 24.8 Å². The smallest absolute Gasteiger partial charge is 0.220 e. The van der Waals surface area contributed by atoms with Gasteiger partial charge in [0.1, 0.15) is 12.1 Å². The highest BCUT2D eigenvalue weighted by atomic mass is 19.1. The molecule has 0 spiro atoms. The molecule has 2 aromatic heterocycles. The maximum atomic E-state index is 14.2. The summed E-state index contributed by atoms with van der Waals surface area (Å²) in [5, 5.41) is 0.749. The number of fused-ring (bicyclic) bond motifs is 1. The molecule has 0 aliphatic heterocycles. The average molecular weight is 434 g/mol. The normalized spacial score (nSPS) is 11.2. The van der Waals surface area contributed by atoms with Crippen LogP contribution in [0.4, 0.5) is 16.0 Å². The van der Waals surface area contributed by atoms with Gasteiger partial charge in [0.15, 0.2) is 0 Å². The number of nitrogen functional groups attached to an aromatic ring is 1. The van der Waals surface area contributed by atoms with Crippen LogP contribution in [0, 0.1) is 12.7 Å². The van der Waals surface area contributed by atoms with Crippen LogP contribution in [0.25, 0.3) is 33.3 Å². The molecule has 0 saturated heterocycles. The molecule has 0 aliphatic rings. The Kier molecular flexibility index (Phi) is 5.82. The van der Waals surface area contributed by atoms with E-state index in [0.29, 0.717) is 34.0 Å². The van der Waals surface area contributed by atoms with E-state index in [-0.39, 0.29) is 11.8 Å². The van der Waals surface area contributed by atoms with Gasteiger partial charge < -0.3 is 27.4 Å². The van der Waals surface area contributed by atoms with Crippen LogP contribution in [-0.4, -0.2) is 28.4 Å². The maximum Gasteiger partial charge on any atom is 0.220 e. The number of nitrogens with two attached hydrogens (primary N) is 3. The molecule has 0 radical (unpaired) electrons. The monoisotopic (exact) mass is 434 g/mol. The largest absolute Gasteiger partial charge is 0.481 e. The molecule has 9 nitrogen and oxygen atoms in total. The van der Waals surface area contributed by atoms with Crippen LogP contribution in [0.2, 0.25) is 0 Å². The van der Waals surface area contributed by atoms with E-state index in [1.807, 2.05) is 19.1 Å². The van der Waals surface area contributed by atoms with Gasteiger partial charge in [-0.15, -0.1) is 0 Å². The van der Waals surface area contributed by atoms with Crippen LogP contribution in [0.3, 0.4) is 0 Å². The van der Waals surface area contributed by atoms with Gasteiger partial charge in [0.25, 0.3) is 0 Å². The van der Waals surface area contributed by atoms with Crippen molar-refractivity contribution in [3.63, 3.8) is 0 Å². The number of aryl methyl sites for hydroxylation is 1. The molecule has 2 heterocycles. The number of benzene rings is 2. The predicted molar refractivity (Wildman–Crippen MR) is 123 cm³/mol. The summed E-state index contributed by atoms with van der Waals surface area (Å²) in [6.45, 7) is 1.83. The highest BCUT2D eigenvalue weighted by Gasteiger charge is 2.16. The molecule has 32 heavy (non-hydrogen) atoms. The third-order valence-electron chi connectivity index (χ3n) is 4.87. The van der Waals surface area contributed by atoms with E-state index in [2.05, 4.69) is 25.8 Å². The summed E-state index contributed by atoms with van der Waals surface area (Å²) in [4.78, 5) is 13.1. The molecule has 4 aromatic rings. The Hall–Kier alpha value is -3.86. The van der Waals surface area contributed by atoms with E-state index in [4.69, 9.17) is 21.9 Å². The van der Waals surface area contributed by atoms with E-state index in [1.54, 1.807) is 24.3 Å². The molecule has 0 amide bonds. The van der Waals surface area contributed by atoms with Gasteiger partial charge >= 0.3 is 0 Å². The first kappa shape index (κ1) is 21.4. The van der Waals surface area contributed by atoms with E-state index in [9.17, 15) is 4.39 Å². The molecule has 0 saturated carbocycles. The first-order chi connectivity index (χ1) is 15.4. The van der Waals surface area contributed by atoms with Gasteiger partial charge in [-0.2, -0.15) is 0 Å². The summed E-state index contributed by atoms with van der Waals surface area (Å²) >= 11 is 0. The van der Waals surface area contributed by atoms with Crippen LogP contribution in [0.1, 0.15) is 5.69 Å². The number of methoxy groups -OCH3 is 1. The number of aromatic nitrogens is 3. The fourth-order valence-corrected chi connectivity index (χ4v) is 3.55. The molecule has 4 rings (SSSR count). The highest BCUT2D eigenvalue weighted by Crippen LogP contribution is 2.37. The number of pyridine rings is 1. The summed E-state index contributed by atoms with van der Waals surface area (Å²) in [5.74, 6) is 0.192. The third kappa shape index (κ3) is 4.28. The number of nitrogens with one attached hydrogen (secondary N) is 2. The number of hydrogen-bond donors (Lipinski definition) is 5. The van der Waals surface area contributed by atoms with E-state index < -0.39 is 6.29 Å². The van der Waals surface area contributed by atoms with Crippen LogP contribution in [-0.2, 0) is 0 Å². The second-order valence-electron chi connectivity index (χ2n) is 7.14. The Morgan fingerprint density at radius 3 is 2.56 bits per heavy atom. The first-order valence-electron chi connectivity index (χ1n) is 9.77. The van der Waals surface area contributed by atoms with Crippen molar-refractivity contribution in [3.05, 3.63) is 60.0 Å². The third-order valence-corrected chi connectivity index (χ3v) is 4.87. The average Bonchev–Trinajstić information content (AvgIpc) is 2.76. The van der Waals surface area contributed by atoms with Crippen LogP contribution >= 0.6 is 0 Å². The van der Waals surface area contributed by atoms with E-state index >= 15 is 0 Å². The van der Waals surface area contributed by atoms with E-state index in [1.165, 1.54) is 19.2 Å². The van der Waals surface area contributed by atoms with Gasteiger partial charge in [-0.1, -0.05) is 12.1 Å². The highest BCUT2D eigenvalue weighted by molar-refractivity contribution is 5.99. The minimum atomic E-state index is -0.800. The lowest BCUT2D eigenvalue weighted by Crippen LogP contribution is -2.48. The molecule has 0 aliphatic carbocycles. The van der Waals surface area contributed by atoms with Crippen molar-refractivity contribution < 1.29 is 9.13 Å². The van der Waals surface area contributed by atoms with Crippen molar-refractivity contribution in [2.24, 2.45) is 11.5 Å². The number of hydrazine groups is 1. The van der Waals surface area contributed by atoms with Crippen LogP contribution in [0.5, 0.6) is 5.88 Å². The summed E-state index contributed by atoms with van der Waals surface area (Å²) in [7, 11) is 1.53. The van der Waals surface area contributed by atoms with Gasteiger partial charge in [0, 0.05) is 17.0 Å². The first-order valence-corrected chi connectivity index (χ1v) is 9.77. The van der Waals surface area contributed by atoms with Crippen molar-refractivity contribution in [1.82, 2.24) is 20.4 Å². The Morgan fingerprint density at radius 2 is 1.81 bits per heavy atom. The maximum absolute atomic E-state index is 14.2. The fourth-order valence-electron chi connectivity index (χ4n) is 3.55. The van der Waals surface area contributed by atoms with Crippen molar-refractivity contribution in [2.45, 2.75) is 13.2 Å². The van der Waals surface area contributed by atoms with Crippen molar-refractivity contribution in [2.75, 3.05) is 18.3 Å². The second kappa shape index (κ2) is 8.71. The number of nitrogens with zero attached hydrogens (tertiary/aromatic N) is 3. The zero-order valence-corrected chi connectivity index (χ0v) is 17.6. The summed E-state index contributed by atoms with van der Waals surface area (Å²) < 4.78 is 19.5. The Bertz CT molecular complexity index is 1290. The number of hydrogen-bond acceptors (Lipinski definition) is 9. The van der Waals surface area contributed by atoms with Gasteiger partial charge in [-0.3, -0.25) is 0 Å². The summed E-state index contributed by atoms with van der Waals surface area (Å²) in [5.41, 5.74) is 27.5. The quantitative estimate of drug-likeness (QED) is 0.228. The molecule has 8 N–H and O–H groups in total. The molecular weight excluding hydrogens is 411 g/mol. The molecule has 0 atom stereocenters. The van der Waals surface area contributed by atoms with Crippen molar-refractivity contribution >= 4 is 22.5 Å². The van der Waals surface area contributed by atoms with Gasteiger partial charge in [-0.05, 0) is 48.4 Å². The zero-order chi connectivity index (χ0) is 22.8. The van der Waals surface area contributed by atoms with Crippen LogP contribution < -0.4 is 32.8 Å². The molecule has 10 heteroatoms. The molecular formula is C22H23FN8O. The lowest BCUT2D eigenvalue weighted by atomic mass is 9.95. The van der Waals surface area contributed by atoms with Crippen molar-refractivity contribution in [1.29, 1.82) is 0 Å². The molecule has 0 fully saturated rings. The Morgan fingerprint density at radius 1 is 1.00 bits per heavy atom. The molecule has 164 valence electrons. The topological polar surface area (TPSA) is 150 Å². The lowest BCUT2D eigenvalue weighted by molar-refractivity contribution is 0.398. The predicted octanol–water partition coefficient (Wildman–Crippen LogP) is 2.51. The zero-order valence-electron chi connectivity index (χ0n) is 17.6. The standard InChI is InChI=1S/C22H23FN8O/c1-11-20-17(29-22(26)27-11)8-12(9-18(20)30-31-21(24)25)14-7-6-13(23)10-15(14)16-4-3-5-19(28-16)32-2/h3-10,21,30-31H,24-25H2,1-2H3,(H2,26,27,29). The summed E-state index contributed by atoms with van der Waals surface area (Å²) in [6.07, 6.45) is -0.800. The number of ether oxygens (including phenoxy) is 1. The fraction of sp³-hybridized carbons (Fsp3) is 0.136. The van der Waals surface area contributed by atoms with E-state index in [0.717, 1.165) is 16.5 Å². The summed E-state index contributed by atoms with van der Waals surface area (Å²) in [6, 6.07) is 13.6. The number of rotatable bonds is 6. The minimum absolute atomic E-state index is 0.148.